The number of nitrogens with zero attached hydrogens (tertiary/aromatic N) is 5. The van der Waals surface area contributed by atoms with Crippen molar-refractivity contribution in [2.24, 2.45) is 11.0 Å². The van der Waals surface area contributed by atoms with Crippen LogP contribution in [0.4, 0.5) is 16.5 Å². The van der Waals surface area contributed by atoms with Gasteiger partial charge in [0.2, 0.25) is 5.13 Å². The molecule has 2 aliphatic rings. The fourth-order valence-corrected chi connectivity index (χ4v) is 6.17. The average Bonchev–Trinajstić information content (AvgIpc) is 3.60. The van der Waals surface area contributed by atoms with Gasteiger partial charge in [0.15, 0.2) is 0 Å². The van der Waals surface area contributed by atoms with E-state index in [0.717, 1.165) is 52.9 Å². The fraction of sp³-hybridized carbons (Fsp3) is 0.172. The molecule has 6 rings (SSSR count). The Morgan fingerprint density at radius 3 is 2.44 bits per heavy atom. The fourth-order valence-electron chi connectivity index (χ4n) is 5.35. The molecule has 2 atom stereocenters. The van der Waals surface area contributed by atoms with Crippen molar-refractivity contribution < 1.29 is 9.85 Å². The minimum atomic E-state index is -0.397. The predicted molar refractivity (Wildman–Crippen MR) is 152 cm³/mol. The highest BCUT2D eigenvalue weighted by molar-refractivity contribution is 7.14. The molecule has 10 heteroatoms. The van der Waals surface area contributed by atoms with Crippen molar-refractivity contribution in [3.8, 4) is 11.3 Å². The van der Waals surface area contributed by atoms with Gasteiger partial charge in [-0.2, -0.15) is 5.10 Å². The summed E-state index contributed by atoms with van der Waals surface area (Å²) in [5.41, 5.74) is 5.39. The molecule has 1 aliphatic heterocycles. The van der Waals surface area contributed by atoms with Crippen molar-refractivity contribution in [2.45, 2.75) is 25.3 Å². The summed E-state index contributed by atoms with van der Waals surface area (Å²) in [6.07, 6.45) is 4.55. The van der Waals surface area contributed by atoms with Crippen LogP contribution in [0.3, 0.4) is 0 Å². The Bertz CT molecular complexity index is 1630. The van der Waals surface area contributed by atoms with Gasteiger partial charge in [-0.05, 0) is 42.0 Å². The first-order valence-electron chi connectivity index (χ1n) is 12.6. The average molecular weight is 538 g/mol. The van der Waals surface area contributed by atoms with E-state index in [2.05, 4.69) is 0 Å². The molecule has 194 valence electrons. The van der Waals surface area contributed by atoms with Gasteiger partial charge in [-0.3, -0.25) is 20.2 Å². The number of allylic oxidation sites excluding steroid dienone is 1. The summed E-state index contributed by atoms with van der Waals surface area (Å²) < 4.78 is 0. The van der Waals surface area contributed by atoms with E-state index < -0.39 is 4.92 Å². The number of non-ortho nitro benzene ring substituents is 2. The van der Waals surface area contributed by atoms with Crippen molar-refractivity contribution in [3.63, 3.8) is 0 Å². The van der Waals surface area contributed by atoms with Gasteiger partial charge in [0, 0.05) is 41.1 Å². The highest BCUT2D eigenvalue weighted by Gasteiger charge is 2.43. The second kappa shape index (κ2) is 10.2. The van der Waals surface area contributed by atoms with E-state index in [9.17, 15) is 20.2 Å². The summed E-state index contributed by atoms with van der Waals surface area (Å²) >= 11 is 1.49. The van der Waals surface area contributed by atoms with E-state index in [-0.39, 0.29) is 28.3 Å². The van der Waals surface area contributed by atoms with Gasteiger partial charge >= 0.3 is 0 Å². The number of hydrazone groups is 1. The SMILES string of the molecule is O=[N+]([O-])c1cccc(C=C2CCC[C@H]3C2=NN(c2nc(-c4ccccc4)cs2)[C@H]3c2cccc([N+](=O)[O-])c2)c1. The Kier molecular flexibility index (Phi) is 6.45. The zero-order valence-corrected chi connectivity index (χ0v) is 21.5. The van der Waals surface area contributed by atoms with E-state index in [0.29, 0.717) is 5.13 Å². The Balaban J connectivity index is 1.44. The van der Waals surface area contributed by atoms with Crippen molar-refractivity contribution in [1.82, 2.24) is 4.98 Å². The number of nitro benzene ring substituents is 2. The maximum Gasteiger partial charge on any atom is 0.270 e. The summed E-state index contributed by atoms with van der Waals surface area (Å²) in [7, 11) is 0. The van der Waals surface area contributed by atoms with E-state index in [1.54, 1.807) is 24.3 Å². The highest BCUT2D eigenvalue weighted by atomic mass is 32.1. The number of anilines is 1. The monoisotopic (exact) mass is 537 g/mol. The van der Waals surface area contributed by atoms with Gasteiger partial charge in [0.05, 0.1) is 27.3 Å². The lowest BCUT2D eigenvalue weighted by Crippen LogP contribution is -2.28. The summed E-state index contributed by atoms with van der Waals surface area (Å²) in [4.78, 5) is 27.0. The van der Waals surface area contributed by atoms with E-state index in [1.165, 1.54) is 23.5 Å². The van der Waals surface area contributed by atoms with E-state index >= 15 is 0 Å². The molecule has 0 unspecified atom stereocenters. The zero-order valence-electron chi connectivity index (χ0n) is 20.7. The molecule has 4 aromatic rings. The molecule has 1 saturated carbocycles. The molecule has 3 aromatic carbocycles. The van der Waals surface area contributed by atoms with Crippen LogP contribution in [0.1, 0.15) is 36.4 Å². The van der Waals surface area contributed by atoms with Gasteiger partial charge in [-0.1, -0.05) is 54.6 Å². The van der Waals surface area contributed by atoms with Crippen LogP contribution in [0.25, 0.3) is 17.3 Å². The molecule has 0 N–H and O–H groups in total. The molecule has 1 fully saturated rings. The quantitative estimate of drug-likeness (QED) is 0.187. The van der Waals surface area contributed by atoms with Crippen LogP contribution in [-0.2, 0) is 0 Å². The Morgan fingerprint density at radius 1 is 0.923 bits per heavy atom. The molecule has 2 heterocycles. The number of hydrogen-bond donors (Lipinski definition) is 0. The van der Waals surface area contributed by atoms with Gasteiger partial charge < -0.3 is 0 Å². The molecule has 1 aromatic heterocycles. The maximum absolute atomic E-state index is 11.6. The van der Waals surface area contributed by atoms with Crippen molar-refractivity contribution in [2.75, 3.05) is 5.01 Å². The molecule has 0 bridgehead atoms. The van der Waals surface area contributed by atoms with Crippen LogP contribution >= 0.6 is 11.3 Å². The molecule has 0 radical (unpaired) electrons. The lowest BCUT2D eigenvalue weighted by Gasteiger charge is -2.29. The van der Waals surface area contributed by atoms with Crippen LogP contribution in [0.2, 0.25) is 0 Å². The molecule has 0 amide bonds. The van der Waals surface area contributed by atoms with Gasteiger partial charge in [-0.25, -0.2) is 9.99 Å². The summed E-state index contributed by atoms with van der Waals surface area (Å²) in [6, 6.07) is 23.0. The van der Waals surface area contributed by atoms with Crippen LogP contribution in [0, 0.1) is 26.1 Å². The summed E-state index contributed by atoms with van der Waals surface area (Å²) in [5, 5.41) is 32.6. The van der Waals surface area contributed by atoms with Crippen molar-refractivity contribution in [1.29, 1.82) is 0 Å². The molecular formula is C29H23N5O4S. The predicted octanol–water partition coefficient (Wildman–Crippen LogP) is 7.43. The number of fused-ring (bicyclic) bond motifs is 1. The normalized spacial score (nSPS) is 19.5. The minimum absolute atomic E-state index is 0.00484. The zero-order chi connectivity index (χ0) is 26.9. The van der Waals surface area contributed by atoms with Crippen LogP contribution in [0.15, 0.2) is 94.9 Å². The van der Waals surface area contributed by atoms with Gasteiger partial charge in [-0.15, -0.1) is 11.3 Å². The Hall–Kier alpha value is -4.70. The summed E-state index contributed by atoms with van der Waals surface area (Å²) in [6.45, 7) is 0. The number of benzene rings is 3. The lowest BCUT2D eigenvalue weighted by molar-refractivity contribution is -0.385. The third-order valence-corrected chi connectivity index (χ3v) is 7.93. The molecule has 1 aliphatic carbocycles. The van der Waals surface area contributed by atoms with Crippen LogP contribution in [0.5, 0.6) is 0 Å². The van der Waals surface area contributed by atoms with Crippen molar-refractivity contribution >= 4 is 39.6 Å². The first-order chi connectivity index (χ1) is 19.0. The van der Waals surface area contributed by atoms with Crippen molar-refractivity contribution in [3.05, 3.63) is 121 Å². The summed E-state index contributed by atoms with van der Waals surface area (Å²) in [5.74, 6) is -0.00484. The number of nitro groups is 2. The van der Waals surface area contributed by atoms with E-state index in [4.69, 9.17) is 10.1 Å². The second-order valence-electron chi connectivity index (χ2n) is 9.53. The standard InChI is InChI=1S/C29H23N5O4S/c35-33(36)23-12-4-7-19(16-23)15-21-10-6-14-25-27(21)31-32(28(25)22-11-5-13-24(17-22)34(37)38)29-30-26(18-39-29)20-8-2-1-3-9-20/h1-5,7-9,11-13,15-18,25,28H,6,10,14H2/t25-,28-/m0/s1. The number of thiazole rings is 1. The smallest absolute Gasteiger partial charge is 0.258 e. The lowest BCUT2D eigenvalue weighted by atomic mass is 9.77. The number of aromatic nitrogens is 1. The molecule has 0 spiro atoms. The largest absolute Gasteiger partial charge is 0.270 e. The second-order valence-corrected chi connectivity index (χ2v) is 10.4. The molecular weight excluding hydrogens is 514 g/mol. The van der Waals surface area contributed by atoms with E-state index in [1.807, 2.05) is 58.9 Å². The van der Waals surface area contributed by atoms with Gasteiger partial charge in [0.1, 0.15) is 0 Å². The third kappa shape index (κ3) is 4.82. The first-order valence-corrected chi connectivity index (χ1v) is 13.4. The number of hydrogen-bond acceptors (Lipinski definition) is 8. The number of rotatable bonds is 6. The molecule has 0 saturated heterocycles. The van der Waals surface area contributed by atoms with Gasteiger partial charge in [0.25, 0.3) is 11.4 Å². The Morgan fingerprint density at radius 2 is 1.67 bits per heavy atom. The molecule has 39 heavy (non-hydrogen) atoms. The van der Waals surface area contributed by atoms with Crippen LogP contribution in [-0.4, -0.2) is 20.5 Å². The Labute approximate surface area is 228 Å². The third-order valence-electron chi connectivity index (χ3n) is 7.10. The molecule has 9 nitrogen and oxygen atoms in total. The van der Waals surface area contributed by atoms with Crippen LogP contribution < -0.4 is 5.01 Å². The minimum Gasteiger partial charge on any atom is -0.258 e. The first kappa shape index (κ1) is 24.6. The highest BCUT2D eigenvalue weighted by Crippen LogP contribution is 2.47. The maximum atomic E-state index is 11.6. The topological polar surface area (TPSA) is 115 Å².